The summed E-state index contributed by atoms with van der Waals surface area (Å²) in [5.41, 5.74) is 0.790. The molecule has 0 fully saturated rings. The second kappa shape index (κ2) is 7.12. The maximum Gasteiger partial charge on any atom is 0.243 e. The monoisotopic (exact) mass is 345 g/mol. The summed E-state index contributed by atoms with van der Waals surface area (Å²) in [5.74, 6) is -4.36. The summed E-state index contributed by atoms with van der Waals surface area (Å²) < 4.78 is 65.3. The number of benzene rings is 2. The van der Waals surface area contributed by atoms with Gasteiger partial charge in [0.2, 0.25) is 10.0 Å². The van der Waals surface area contributed by atoms with Gasteiger partial charge in [0.1, 0.15) is 10.7 Å². The average molecular weight is 345 g/mol. The molecule has 8 heteroatoms. The number of sulfonamides is 1. The number of aliphatic hydroxyl groups excluding tert-OH is 1. The summed E-state index contributed by atoms with van der Waals surface area (Å²) in [7, 11) is -4.41. The molecule has 124 valence electrons. The summed E-state index contributed by atoms with van der Waals surface area (Å²) in [5, 5.41) is 9.83. The Morgan fingerprint density at radius 1 is 1.00 bits per heavy atom. The van der Waals surface area contributed by atoms with E-state index in [1.54, 1.807) is 30.3 Å². The van der Waals surface area contributed by atoms with Gasteiger partial charge in [-0.3, -0.25) is 0 Å². The van der Waals surface area contributed by atoms with Crippen LogP contribution in [0.2, 0.25) is 0 Å². The lowest BCUT2D eigenvalue weighted by molar-refractivity contribution is 0.179. The molecule has 2 N–H and O–H groups in total. The standard InChI is InChI=1S/C15H14F3NO3S/c16-12-7-14(18)15(8-13(12)17)23(21,22)19-9-11(20)6-10-4-2-1-3-5-10/h1-5,7-8,11,19-20H,6,9H2. The third-order valence-electron chi connectivity index (χ3n) is 3.09. The first kappa shape index (κ1) is 17.5. The Morgan fingerprint density at radius 2 is 1.61 bits per heavy atom. The Morgan fingerprint density at radius 3 is 2.26 bits per heavy atom. The minimum Gasteiger partial charge on any atom is -0.391 e. The predicted molar refractivity (Wildman–Crippen MR) is 77.7 cm³/mol. The van der Waals surface area contributed by atoms with Crippen molar-refractivity contribution >= 4 is 10.0 Å². The van der Waals surface area contributed by atoms with Gasteiger partial charge in [0, 0.05) is 12.6 Å². The molecule has 4 nitrogen and oxygen atoms in total. The Labute approximate surface area is 131 Å². The molecule has 2 aromatic carbocycles. The molecule has 0 aliphatic rings. The first-order valence-electron chi connectivity index (χ1n) is 6.66. The van der Waals surface area contributed by atoms with Gasteiger partial charge in [-0.2, -0.15) is 0 Å². The summed E-state index contributed by atoms with van der Waals surface area (Å²) in [6.45, 7) is -0.393. The van der Waals surface area contributed by atoms with Crippen molar-refractivity contribution in [3.63, 3.8) is 0 Å². The summed E-state index contributed by atoms with van der Waals surface area (Å²) >= 11 is 0. The van der Waals surface area contributed by atoms with Gasteiger partial charge >= 0.3 is 0 Å². The Bertz CT molecular complexity index is 782. The Balaban J connectivity index is 2.06. The average Bonchev–Trinajstić information content (AvgIpc) is 2.50. The van der Waals surface area contributed by atoms with Gasteiger partial charge < -0.3 is 5.11 Å². The highest BCUT2D eigenvalue weighted by molar-refractivity contribution is 7.89. The van der Waals surface area contributed by atoms with E-state index >= 15 is 0 Å². The fraction of sp³-hybridized carbons (Fsp3) is 0.200. The Kier molecular flexibility index (Phi) is 5.40. The van der Waals surface area contributed by atoms with Gasteiger partial charge in [-0.15, -0.1) is 0 Å². The van der Waals surface area contributed by atoms with Gasteiger partial charge in [0.15, 0.2) is 11.6 Å². The predicted octanol–water partition coefficient (Wildman–Crippen LogP) is 1.99. The summed E-state index contributed by atoms with van der Waals surface area (Å²) in [4.78, 5) is -1.01. The molecule has 0 bridgehead atoms. The zero-order valence-electron chi connectivity index (χ0n) is 11.8. The third-order valence-corrected chi connectivity index (χ3v) is 4.53. The molecular formula is C15H14F3NO3S. The van der Waals surface area contributed by atoms with E-state index in [9.17, 15) is 26.7 Å². The third kappa shape index (κ3) is 4.54. The molecule has 0 aliphatic heterocycles. The maximum atomic E-state index is 13.5. The molecule has 0 spiro atoms. The lowest BCUT2D eigenvalue weighted by Crippen LogP contribution is -2.33. The lowest BCUT2D eigenvalue weighted by atomic mass is 10.1. The van der Waals surface area contributed by atoms with Gasteiger partial charge in [0.25, 0.3) is 0 Å². The first-order valence-corrected chi connectivity index (χ1v) is 8.14. The van der Waals surface area contributed by atoms with Crippen LogP contribution in [0.4, 0.5) is 13.2 Å². The molecule has 0 amide bonds. The maximum absolute atomic E-state index is 13.5. The van der Waals surface area contributed by atoms with Crippen molar-refractivity contribution in [3.05, 3.63) is 65.5 Å². The van der Waals surface area contributed by atoms with E-state index in [1.807, 2.05) is 4.72 Å². The van der Waals surface area contributed by atoms with E-state index in [2.05, 4.69) is 0 Å². The van der Waals surface area contributed by atoms with Crippen LogP contribution in [-0.4, -0.2) is 26.2 Å². The highest BCUT2D eigenvalue weighted by Crippen LogP contribution is 2.18. The van der Waals surface area contributed by atoms with E-state index in [-0.39, 0.29) is 18.6 Å². The van der Waals surface area contributed by atoms with Crippen LogP contribution in [0.3, 0.4) is 0 Å². The van der Waals surface area contributed by atoms with E-state index in [1.165, 1.54) is 0 Å². The second-order valence-corrected chi connectivity index (χ2v) is 6.63. The molecule has 1 unspecified atom stereocenters. The number of hydrogen-bond acceptors (Lipinski definition) is 3. The Hall–Kier alpha value is -1.90. The van der Waals surface area contributed by atoms with Gasteiger partial charge in [-0.05, 0) is 18.1 Å². The van der Waals surface area contributed by atoms with Crippen LogP contribution in [0.25, 0.3) is 0 Å². The van der Waals surface area contributed by atoms with Crippen LogP contribution in [-0.2, 0) is 16.4 Å². The van der Waals surface area contributed by atoms with Crippen molar-refractivity contribution in [1.29, 1.82) is 0 Å². The van der Waals surface area contributed by atoms with Gasteiger partial charge in [-0.1, -0.05) is 30.3 Å². The molecule has 23 heavy (non-hydrogen) atoms. The van der Waals surface area contributed by atoms with Crippen molar-refractivity contribution in [1.82, 2.24) is 4.72 Å². The zero-order valence-corrected chi connectivity index (χ0v) is 12.7. The van der Waals surface area contributed by atoms with Crippen LogP contribution >= 0.6 is 0 Å². The van der Waals surface area contributed by atoms with E-state index in [0.29, 0.717) is 0 Å². The summed E-state index contributed by atoms with van der Waals surface area (Å²) in [6, 6.07) is 9.26. The number of nitrogens with one attached hydrogen (secondary N) is 1. The molecule has 0 saturated heterocycles. The minimum absolute atomic E-state index is 0.157. The number of hydrogen-bond donors (Lipinski definition) is 2. The summed E-state index contributed by atoms with van der Waals surface area (Å²) in [6.07, 6.45) is -0.871. The van der Waals surface area contributed by atoms with Crippen molar-refractivity contribution in [2.24, 2.45) is 0 Å². The van der Waals surface area contributed by atoms with E-state index in [0.717, 1.165) is 5.56 Å². The molecule has 0 aliphatic carbocycles. The molecule has 1 atom stereocenters. The van der Waals surface area contributed by atoms with Crippen molar-refractivity contribution in [2.75, 3.05) is 6.54 Å². The quantitative estimate of drug-likeness (QED) is 0.787. The highest BCUT2D eigenvalue weighted by atomic mass is 32.2. The van der Waals surface area contributed by atoms with Crippen LogP contribution in [0, 0.1) is 17.5 Å². The van der Waals surface area contributed by atoms with Gasteiger partial charge in [0.05, 0.1) is 6.10 Å². The minimum atomic E-state index is -4.41. The largest absolute Gasteiger partial charge is 0.391 e. The fourth-order valence-corrected chi connectivity index (χ4v) is 3.09. The molecule has 0 heterocycles. The van der Waals surface area contributed by atoms with Crippen LogP contribution in [0.15, 0.2) is 47.4 Å². The van der Waals surface area contributed by atoms with E-state index < -0.39 is 45.0 Å². The van der Waals surface area contributed by atoms with Crippen molar-refractivity contribution in [2.45, 2.75) is 17.4 Å². The number of halogens is 3. The fourth-order valence-electron chi connectivity index (χ4n) is 1.95. The topological polar surface area (TPSA) is 66.4 Å². The lowest BCUT2D eigenvalue weighted by Gasteiger charge is -2.13. The molecule has 0 radical (unpaired) electrons. The van der Waals surface area contributed by atoms with Crippen LogP contribution < -0.4 is 4.72 Å². The van der Waals surface area contributed by atoms with Crippen molar-refractivity contribution < 1.29 is 26.7 Å². The molecule has 0 saturated carbocycles. The van der Waals surface area contributed by atoms with E-state index in [4.69, 9.17) is 0 Å². The molecule has 2 aromatic rings. The first-order chi connectivity index (χ1) is 10.8. The molecule has 2 rings (SSSR count). The van der Waals surface area contributed by atoms with Gasteiger partial charge in [-0.25, -0.2) is 26.3 Å². The SMILES string of the molecule is O=S(=O)(NCC(O)Cc1ccccc1)c1cc(F)c(F)cc1F. The highest BCUT2D eigenvalue weighted by Gasteiger charge is 2.22. The number of rotatable bonds is 6. The molecule has 0 aromatic heterocycles. The van der Waals surface area contributed by atoms with Crippen LogP contribution in [0.1, 0.15) is 5.56 Å². The number of aliphatic hydroxyl groups is 1. The van der Waals surface area contributed by atoms with Crippen LogP contribution in [0.5, 0.6) is 0 Å². The van der Waals surface area contributed by atoms with Crippen molar-refractivity contribution in [3.8, 4) is 0 Å². The smallest absolute Gasteiger partial charge is 0.243 e. The second-order valence-electron chi connectivity index (χ2n) is 4.89. The zero-order chi connectivity index (χ0) is 17.0. The molecular weight excluding hydrogens is 331 g/mol. The normalized spacial score (nSPS) is 13.0.